The van der Waals surface area contributed by atoms with Gasteiger partial charge in [0, 0.05) is 51.1 Å². The lowest BCUT2D eigenvalue weighted by atomic mass is 9.90. The number of hydrogen-bond acceptors (Lipinski definition) is 3. The first-order valence-electron chi connectivity index (χ1n) is 20.2. The van der Waals surface area contributed by atoms with E-state index in [9.17, 15) is 0 Å². The summed E-state index contributed by atoms with van der Waals surface area (Å²) >= 11 is 0. The summed E-state index contributed by atoms with van der Waals surface area (Å²) in [6.45, 7) is 0. The molecule has 0 N–H and O–H groups in total. The van der Waals surface area contributed by atoms with E-state index in [2.05, 4.69) is 193 Å². The van der Waals surface area contributed by atoms with Crippen molar-refractivity contribution in [3.63, 3.8) is 0 Å². The van der Waals surface area contributed by atoms with Crippen LogP contribution >= 0.6 is 0 Å². The standard InChI is InChI=1S/C55H37NO2/c1-2-13-38-33-49-52(32-26-35(38)11-1)57-53-22-10-19-48(55(49)53)45-15-5-7-20-50(45)56(40-29-31-47-46-16-6-8-21-51(46)58-54(47)34-40)39-27-23-37(24-28-39)42-17-9-18-43-41-14-4-3-12-36(41)25-30-44(42)43/h1-27,29-31,33-34,39H,28,32H2. The maximum atomic E-state index is 6.64. The molecule has 12 rings (SSSR count). The van der Waals surface area contributed by atoms with Crippen molar-refractivity contribution < 1.29 is 8.83 Å². The topological polar surface area (TPSA) is 29.5 Å². The zero-order chi connectivity index (χ0) is 38.2. The predicted octanol–water partition coefficient (Wildman–Crippen LogP) is 13.0. The molecule has 2 aliphatic carbocycles. The van der Waals surface area contributed by atoms with E-state index < -0.39 is 0 Å². The van der Waals surface area contributed by atoms with Crippen molar-refractivity contribution in [3.8, 4) is 11.1 Å². The van der Waals surface area contributed by atoms with E-state index in [0.717, 1.165) is 79.6 Å². The predicted molar refractivity (Wildman–Crippen MR) is 242 cm³/mol. The van der Waals surface area contributed by atoms with Crippen LogP contribution in [0.3, 0.4) is 0 Å². The largest absolute Gasteiger partial charge is 0.460 e. The molecule has 10 aromatic rings. The van der Waals surface area contributed by atoms with Gasteiger partial charge in [0.1, 0.15) is 22.5 Å². The minimum Gasteiger partial charge on any atom is -0.460 e. The Morgan fingerprint density at radius 2 is 1.22 bits per heavy atom. The van der Waals surface area contributed by atoms with E-state index in [1.165, 1.54) is 43.1 Å². The number of fused-ring (bicyclic) bond motifs is 10. The van der Waals surface area contributed by atoms with Gasteiger partial charge in [-0.1, -0.05) is 152 Å². The fourth-order valence-electron chi connectivity index (χ4n) is 9.51. The van der Waals surface area contributed by atoms with Crippen LogP contribution in [0.2, 0.25) is 0 Å². The smallest absolute Gasteiger partial charge is 0.137 e. The molecule has 0 radical (unpaired) electrons. The third-order valence-electron chi connectivity index (χ3n) is 12.2. The molecule has 0 fully saturated rings. The van der Waals surface area contributed by atoms with Crippen LogP contribution in [0.4, 0.5) is 11.4 Å². The minimum absolute atomic E-state index is 0.0382. The fourth-order valence-corrected chi connectivity index (χ4v) is 9.51. The highest BCUT2D eigenvalue weighted by Crippen LogP contribution is 2.45. The lowest BCUT2D eigenvalue weighted by molar-refractivity contribution is 0.568. The van der Waals surface area contributed by atoms with Crippen LogP contribution in [0.1, 0.15) is 23.3 Å². The van der Waals surface area contributed by atoms with Gasteiger partial charge in [-0.25, -0.2) is 0 Å². The Balaban J connectivity index is 1.02. The van der Waals surface area contributed by atoms with Crippen molar-refractivity contribution >= 4 is 83.6 Å². The Morgan fingerprint density at radius 3 is 2.16 bits per heavy atom. The van der Waals surface area contributed by atoms with Gasteiger partial charge in [-0.05, 0) is 91.5 Å². The summed E-state index contributed by atoms with van der Waals surface area (Å²) in [5.41, 5.74) is 10.9. The fraction of sp³-hybridized carbons (Fsp3) is 0.0545. The number of rotatable bonds is 5. The van der Waals surface area contributed by atoms with Gasteiger partial charge in [0.2, 0.25) is 0 Å². The van der Waals surface area contributed by atoms with Gasteiger partial charge in [-0.2, -0.15) is 0 Å². The second-order valence-electron chi connectivity index (χ2n) is 15.5. The number of furan rings is 2. The Bertz CT molecular complexity index is 3490. The molecule has 0 bridgehead atoms. The summed E-state index contributed by atoms with van der Waals surface area (Å²) in [6, 6.07) is 58.9. The van der Waals surface area contributed by atoms with Crippen molar-refractivity contribution in [1.82, 2.24) is 0 Å². The molecule has 2 aliphatic rings. The van der Waals surface area contributed by atoms with Crippen molar-refractivity contribution in [1.29, 1.82) is 0 Å². The molecule has 0 spiro atoms. The Morgan fingerprint density at radius 1 is 0.500 bits per heavy atom. The molecule has 3 heteroatoms. The molecule has 8 aromatic carbocycles. The average Bonchev–Trinajstić information content (AvgIpc) is 3.77. The molecule has 1 unspecified atom stereocenters. The van der Waals surface area contributed by atoms with E-state index >= 15 is 0 Å². The molecule has 2 heterocycles. The highest BCUT2D eigenvalue weighted by Gasteiger charge is 2.26. The highest BCUT2D eigenvalue weighted by atomic mass is 16.3. The molecule has 0 saturated heterocycles. The molecular formula is C55H37NO2. The lowest BCUT2D eigenvalue weighted by Crippen LogP contribution is -2.30. The normalized spacial score (nSPS) is 14.9. The molecule has 0 saturated carbocycles. The third kappa shape index (κ3) is 5.20. The number of nitrogens with zero attached hydrogens (tertiary/aromatic N) is 1. The van der Waals surface area contributed by atoms with E-state index in [0.29, 0.717) is 0 Å². The van der Waals surface area contributed by atoms with Gasteiger partial charge in [0.25, 0.3) is 0 Å². The molecule has 3 nitrogen and oxygen atoms in total. The van der Waals surface area contributed by atoms with Crippen molar-refractivity contribution in [2.24, 2.45) is 0 Å². The lowest BCUT2D eigenvalue weighted by Gasteiger charge is -2.35. The number of para-hydroxylation sites is 2. The molecular weight excluding hydrogens is 707 g/mol. The van der Waals surface area contributed by atoms with E-state index in [1.807, 2.05) is 6.07 Å². The summed E-state index contributed by atoms with van der Waals surface area (Å²) < 4.78 is 13.1. The highest BCUT2D eigenvalue weighted by molar-refractivity contribution is 6.11. The van der Waals surface area contributed by atoms with E-state index in [4.69, 9.17) is 8.83 Å². The Hall–Kier alpha value is -7.36. The van der Waals surface area contributed by atoms with Crippen LogP contribution in [0.5, 0.6) is 0 Å². The second-order valence-corrected chi connectivity index (χ2v) is 15.5. The number of anilines is 2. The minimum atomic E-state index is 0.0382. The van der Waals surface area contributed by atoms with Crippen LogP contribution in [0, 0.1) is 0 Å². The number of hydrogen-bond donors (Lipinski definition) is 0. The van der Waals surface area contributed by atoms with Crippen molar-refractivity contribution in [2.45, 2.75) is 18.9 Å². The molecule has 58 heavy (non-hydrogen) atoms. The number of benzene rings is 8. The second kappa shape index (κ2) is 13.1. The monoisotopic (exact) mass is 743 g/mol. The summed E-state index contributed by atoms with van der Waals surface area (Å²) in [5, 5.41) is 11.0. The Kier molecular flexibility index (Phi) is 7.42. The maximum Gasteiger partial charge on any atom is 0.137 e. The van der Waals surface area contributed by atoms with E-state index in [-0.39, 0.29) is 6.04 Å². The van der Waals surface area contributed by atoms with Crippen LogP contribution in [-0.2, 0) is 6.42 Å². The first-order chi connectivity index (χ1) is 28.7. The van der Waals surface area contributed by atoms with Gasteiger partial charge < -0.3 is 13.7 Å². The van der Waals surface area contributed by atoms with Crippen LogP contribution in [0.15, 0.2) is 191 Å². The first kappa shape index (κ1) is 32.8. The summed E-state index contributed by atoms with van der Waals surface area (Å²) in [4.78, 5) is 2.51. The van der Waals surface area contributed by atoms with Gasteiger partial charge in [0.15, 0.2) is 0 Å². The van der Waals surface area contributed by atoms with Crippen LogP contribution in [0.25, 0.3) is 83.3 Å². The number of allylic oxidation sites excluding steroid dienone is 2. The average molecular weight is 744 g/mol. The van der Waals surface area contributed by atoms with Crippen molar-refractivity contribution in [3.05, 3.63) is 209 Å². The Labute approximate surface area is 335 Å². The first-order valence-corrected chi connectivity index (χ1v) is 20.2. The molecule has 2 aromatic heterocycles. The zero-order valence-electron chi connectivity index (χ0n) is 31.7. The third-order valence-corrected chi connectivity index (χ3v) is 12.2. The van der Waals surface area contributed by atoms with Crippen molar-refractivity contribution in [2.75, 3.05) is 4.90 Å². The van der Waals surface area contributed by atoms with Gasteiger partial charge in [0.05, 0.1) is 6.04 Å². The van der Waals surface area contributed by atoms with E-state index in [1.54, 1.807) is 0 Å². The zero-order valence-corrected chi connectivity index (χ0v) is 31.7. The van der Waals surface area contributed by atoms with Crippen LogP contribution < -0.4 is 15.3 Å². The summed E-state index contributed by atoms with van der Waals surface area (Å²) in [5.74, 6) is 0.998. The molecule has 0 amide bonds. The SMILES string of the molecule is C1=CC(N(c2ccc3c(c2)oc2ccccc23)c2ccccc2-c2cccc3oc4c(c23)C=c2ccccc2=CC4)CC=C1c1cccc2c1ccc1ccccc12. The summed E-state index contributed by atoms with van der Waals surface area (Å²) in [7, 11) is 0. The molecule has 274 valence electrons. The maximum absolute atomic E-state index is 6.64. The van der Waals surface area contributed by atoms with Gasteiger partial charge in [-0.15, -0.1) is 0 Å². The summed E-state index contributed by atoms with van der Waals surface area (Å²) in [6.07, 6.45) is 13.3. The quantitative estimate of drug-likeness (QED) is 0.164. The molecule has 0 aliphatic heterocycles. The van der Waals surface area contributed by atoms with Gasteiger partial charge in [-0.3, -0.25) is 0 Å². The van der Waals surface area contributed by atoms with Gasteiger partial charge >= 0.3 is 0 Å². The van der Waals surface area contributed by atoms with Crippen LogP contribution in [-0.4, -0.2) is 6.04 Å². The molecule has 1 atom stereocenters.